The molecule has 0 saturated heterocycles. The molecule has 1 aromatic carbocycles. The first-order valence-electron chi connectivity index (χ1n) is 6.00. The lowest BCUT2D eigenvalue weighted by atomic mass is 9.87. The maximum atomic E-state index is 12.5. The highest BCUT2D eigenvalue weighted by atomic mass is 35.5. The summed E-state index contributed by atoms with van der Waals surface area (Å²) >= 11 is 6.09. The van der Waals surface area contributed by atoms with Crippen LogP contribution in [0.4, 0.5) is 0 Å². The molecule has 0 bridgehead atoms. The van der Waals surface area contributed by atoms with E-state index in [9.17, 15) is 4.21 Å². The highest BCUT2D eigenvalue weighted by molar-refractivity contribution is 7.85. The van der Waals surface area contributed by atoms with Gasteiger partial charge in [-0.2, -0.15) is 0 Å². The number of rotatable bonds is 2. The van der Waals surface area contributed by atoms with Crippen molar-refractivity contribution in [3.05, 3.63) is 29.3 Å². The summed E-state index contributed by atoms with van der Waals surface area (Å²) in [5.74, 6) is 0.603. The van der Waals surface area contributed by atoms with Gasteiger partial charge in [0, 0.05) is 6.04 Å². The van der Waals surface area contributed by atoms with Crippen molar-refractivity contribution in [1.82, 2.24) is 0 Å². The Morgan fingerprint density at radius 2 is 2.06 bits per heavy atom. The molecule has 1 saturated carbocycles. The molecule has 2 nitrogen and oxygen atoms in total. The third-order valence-electron chi connectivity index (χ3n) is 3.43. The zero-order valence-electron chi connectivity index (χ0n) is 9.93. The second-order valence-electron chi connectivity index (χ2n) is 4.85. The largest absolute Gasteiger partial charge is 0.327 e. The fourth-order valence-corrected chi connectivity index (χ4v) is 4.49. The first-order chi connectivity index (χ1) is 8.09. The summed E-state index contributed by atoms with van der Waals surface area (Å²) < 4.78 is 12.5. The van der Waals surface area contributed by atoms with E-state index in [1.807, 2.05) is 18.2 Å². The van der Waals surface area contributed by atoms with Gasteiger partial charge in [0.2, 0.25) is 0 Å². The van der Waals surface area contributed by atoms with Crippen LogP contribution in [0.25, 0.3) is 0 Å². The third kappa shape index (κ3) is 2.90. The Morgan fingerprint density at radius 1 is 1.35 bits per heavy atom. The lowest BCUT2D eigenvalue weighted by Gasteiger charge is -2.31. The Bertz CT molecular complexity index is 424. The molecule has 0 heterocycles. The molecule has 0 spiro atoms. The molecule has 0 aliphatic heterocycles. The Morgan fingerprint density at radius 3 is 2.76 bits per heavy atom. The van der Waals surface area contributed by atoms with Crippen molar-refractivity contribution in [3.8, 4) is 0 Å². The van der Waals surface area contributed by atoms with Crippen LogP contribution in [-0.4, -0.2) is 15.5 Å². The number of benzene rings is 1. The van der Waals surface area contributed by atoms with Crippen molar-refractivity contribution in [2.45, 2.75) is 42.4 Å². The van der Waals surface area contributed by atoms with Gasteiger partial charge in [0.15, 0.2) is 0 Å². The maximum Gasteiger partial charge on any atom is 0.0591 e. The van der Waals surface area contributed by atoms with Gasteiger partial charge in [-0.15, -0.1) is 0 Å². The molecule has 17 heavy (non-hydrogen) atoms. The average Bonchev–Trinajstić information content (AvgIpc) is 2.32. The lowest BCUT2D eigenvalue weighted by molar-refractivity contribution is 0.353. The summed E-state index contributed by atoms with van der Waals surface area (Å²) in [7, 11) is -1.09. The van der Waals surface area contributed by atoms with Crippen molar-refractivity contribution in [2.24, 2.45) is 11.7 Å². The molecule has 0 radical (unpaired) electrons. The van der Waals surface area contributed by atoms with Gasteiger partial charge in [0.05, 0.1) is 26.0 Å². The first-order valence-corrected chi connectivity index (χ1v) is 7.59. The molecule has 2 rings (SSSR count). The van der Waals surface area contributed by atoms with Crippen molar-refractivity contribution in [3.63, 3.8) is 0 Å². The minimum atomic E-state index is -1.09. The van der Waals surface area contributed by atoms with Crippen LogP contribution in [0.3, 0.4) is 0 Å². The van der Waals surface area contributed by atoms with Crippen LogP contribution in [0.2, 0.25) is 5.02 Å². The van der Waals surface area contributed by atoms with Crippen LogP contribution in [0.5, 0.6) is 0 Å². The van der Waals surface area contributed by atoms with Gasteiger partial charge in [-0.05, 0) is 37.3 Å². The van der Waals surface area contributed by atoms with Crippen molar-refractivity contribution < 1.29 is 4.21 Å². The van der Waals surface area contributed by atoms with E-state index in [4.69, 9.17) is 17.3 Å². The van der Waals surface area contributed by atoms with E-state index in [0.29, 0.717) is 10.9 Å². The predicted molar refractivity (Wildman–Crippen MR) is 72.6 cm³/mol. The van der Waals surface area contributed by atoms with E-state index >= 15 is 0 Å². The van der Waals surface area contributed by atoms with Crippen LogP contribution in [-0.2, 0) is 10.8 Å². The zero-order valence-corrected chi connectivity index (χ0v) is 11.5. The molecule has 1 aliphatic rings. The summed E-state index contributed by atoms with van der Waals surface area (Å²) in [6, 6.07) is 7.38. The molecule has 4 heteroatoms. The van der Waals surface area contributed by atoms with E-state index < -0.39 is 10.8 Å². The van der Waals surface area contributed by atoms with Crippen LogP contribution in [0.15, 0.2) is 29.2 Å². The van der Waals surface area contributed by atoms with E-state index in [1.165, 1.54) is 0 Å². The first kappa shape index (κ1) is 13.1. The fraction of sp³-hybridized carbons (Fsp3) is 0.538. The van der Waals surface area contributed by atoms with E-state index in [1.54, 1.807) is 6.07 Å². The van der Waals surface area contributed by atoms with E-state index in [0.717, 1.165) is 24.2 Å². The SMILES string of the molecule is CC1CCC(N)C(S(=O)c2ccccc2Cl)C1. The van der Waals surface area contributed by atoms with Crippen molar-refractivity contribution in [1.29, 1.82) is 0 Å². The molecule has 4 atom stereocenters. The second-order valence-corrected chi connectivity index (χ2v) is 6.90. The van der Waals surface area contributed by atoms with Gasteiger partial charge in [-0.25, -0.2) is 0 Å². The summed E-state index contributed by atoms with van der Waals surface area (Å²) in [5.41, 5.74) is 6.09. The molecule has 4 unspecified atom stereocenters. The Hall–Kier alpha value is -0.380. The number of halogens is 1. The molecule has 0 amide bonds. The molecule has 2 N–H and O–H groups in total. The molecular formula is C13H18ClNOS. The van der Waals surface area contributed by atoms with Crippen LogP contribution in [0, 0.1) is 5.92 Å². The standard InChI is InChI=1S/C13H18ClNOS/c1-9-6-7-11(15)13(8-9)17(16)12-5-3-2-4-10(12)14/h2-5,9,11,13H,6-8,15H2,1H3. The summed E-state index contributed by atoms with van der Waals surface area (Å²) in [6.45, 7) is 2.20. The summed E-state index contributed by atoms with van der Waals surface area (Å²) in [4.78, 5) is 0.726. The monoisotopic (exact) mass is 271 g/mol. The number of hydrogen-bond donors (Lipinski definition) is 1. The smallest absolute Gasteiger partial charge is 0.0591 e. The number of nitrogens with two attached hydrogens (primary N) is 1. The van der Waals surface area contributed by atoms with Crippen LogP contribution >= 0.6 is 11.6 Å². The summed E-state index contributed by atoms with van der Waals surface area (Å²) in [5, 5.41) is 0.620. The molecule has 1 fully saturated rings. The zero-order chi connectivity index (χ0) is 12.4. The maximum absolute atomic E-state index is 12.5. The number of hydrogen-bond acceptors (Lipinski definition) is 2. The normalized spacial score (nSPS) is 31.1. The molecule has 1 aromatic rings. The van der Waals surface area contributed by atoms with Gasteiger partial charge >= 0.3 is 0 Å². The minimum absolute atomic E-state index is 0.0308. The highest BCUT2D eigenvalue weighted by Crippen LogP contribution is 2.31. The predicted octanol–water partition coefficient (Wildman–Crippen LogP) is 2.96. The molecular weight excluding hydrogens is 254 g/mol. The van der Waals surface area contributed by atoms with Crippen molar-refractivity contribution >= 4 is 22.4 Å². The van der Waals surface area contributed by atoms with E-state index in [-0.39, 0.29) is 11.3 Å². The summed E-state index contributed by atoms with van der Waals surface area (Å²) in [6.07, 6.45) is 3.03. The fourth-order valence-electron chi connectivity index (χ4n) is 2.37. The van der Waals surface area contributed by atoms with Gasteiger partial charge in [-0.1, -0.05) is 30.7 Å². The van der Waals surface area contributed by atoms with Crippen LogP contribution < -0.4 is 5.73 Å². The van der Waals surface area contributed by atoms with Crippen LogP contribution in [0.1, 0.15) is 26.2 Å². The van der Waals surface area contributed by atoms with Crippen molar-refractivity contribution in [2.75, 3.05) is 0 Å². The Labute approximate surface area is 110 Å². The molecule has 0 aromatic heterocycles. The Kier molecular flexibility index (Phi) is 4.23. The second kappa shape index (κ2) is 5.51. The van der Waals surface area contributed by atoms with Gasteiger partial charge < -0.3 is 5.73 Å². The lowest BCUT2D eigenvalue weighted by Crippen LogP contribution is -2.42. The minimum Gasteiger partial charge on any atom is -0.327 e. The quantitative estimate of drug-likeness (QED) is 0.899. The van der Waals surface area contributed by atoms with Gasteiger partial charge in [-0.3, -0.25) is 4.21 Å². The topological polar surface area (TPSA) is 43.1 Å². The van der Waals surface area contributed by atoms with Gasteiger partial charge in [0.1, 0.15) is 0 Å². The molecule has 1 aliphatic carbocycles. The average molecular weight is 272 g/mol. The van der Waals surface area contributed by atoms with E-state index in [2.05, 4.69) is 6.92 Å². The third-order valence-corrected chi connectivity index (χ3v) is 5.76. The Balaban J connectivity index is 2.22. The molecule has 94 valence electrons. The highest BCUT2D eigenvalue weighted by Gasteiger charge is 2.31. The van der Waals surface area contributed by atoms with Gasteiger partial charge in [0.25, 0.3) is 0 Å².